The fraction of sp³-hybridized carbons (Fsp3) is 0.542. The van der Waals surface area contributed by atoms with Crippen LogP contribution in [0.2, 0.25) is 0 Å². The van der Waals surface area contributed by atoms with E-state index in [4.69, 9.17) is 0 Å². The number of benzene rings is 1. The van der Waals surface area contributed by atoms with Crippen molar-refractivity contribution < 1.29 is 14.7 Å². The number of aromatic nitrogens is 1. The first kappa shape index (κ1) is 23.5. The first-order chi connectivity index (χ1) is 15.6. The largest absolute Gasteiger partial charge is 0.389 e. The van der Waals surface area contributed by atoms with Crippen LogP contribution in [0.1, 0.15) is 47.6 Å². The van der Waals surface area contributed by atoms with Gasteiger partial charge in [-0.3, -0.25) is 4.79 Å². The molecule has 0 atom stereocenters. The standard InChI is InChI=1S/C24H33N5O3S/c1-16-20(21(30)27(4)15-24(2,3)32)33-23(25-16)28-12-10-18(11-13-28)29-14-9-17-7-5-6-8-19(17)26-22(29)31/h5-8,18,32H,9-15H2,1-4H3,(H,26,31). The fourth-order valence-electron chi connectivity index (χ4n) is 4.65. The lowest BCUT2D eigenvalue weighted by Gasteiger charge is -2.37. The van der Waals surface area contributed by atoms with Gasteiger partial charge in [-0.15, -0.1) is 0 Å². The Bertz CT molecular complexity index is 1020. The van der Waals surface area contributed by atoms with Crippen LogP contribution in [0.3, 0.4) is 0 Å². The molecule has 4 rings (SSSR count). The van der Waals surface area contributed by atoms with E-state index in [-0.39, 0.29) is 24.5 Å². The fourth-order valence-corrected chi connectivity index (χ4v) is 5.76. The van der Waals surface area contributed by atoms with Crippen LogP contribution in [0, 0.1) is 6.92 Å². The number of aryl methyl sites for hydroxylation is 1. The number of rotatable bonds is 5. The molecule has 3 heterocycles. The lowest BCUT2D eigenvalue weighted by molar-refractivity contribution is 0.0370. The molecule has 33 heavy (non-hydrogen) atoms. The molecule has 2 aliphatic heterocycles. The molecule has 0 radical (unpaired) electrons. The van der Waals surface area contributed by atoms with E-state index in [2.05, 4.69) is 21.3 Å². The van der Waals surface area contributed by atoms with E-state index in [1.165, 1.54) is 16.9 Å². The number of piperidine rings is 1. The molecule has 9 heteroatoms. The number of carbonyl (C=O) groups is 2. The number of likely N-dealkylation sites (N-methyl/N-ethyl adjacent to an activating group) is 1. The second kappa shape index (κ2) is 9.30. The minimum atomic E-state index is -0.950. The molecule has 1 saturated heterocycles. The number of amides is 3. The molecule has 2 aliphatic rings. The lowest BCUT2D eigenvalue weighted by atomic mass is 10.0. The number of hydrogen-bond acceptors (Lipinski definition) is 6. The van der Waals surface area contributed by atoms with Gasteiger partial charge in [0.2, 0.25) is 0 Å². The lowest BCUT2D eigenvalue weighted by Crippen LogP contribution is -2.48. The molecule has 0 unspecified atom stereocenters. The Morgan fingerprint density at radius 2 is 1.97 bits per heavy atom. The molecule has 1 aromatic heterocycles. The smallest absolute Gasteiger partial charge is 0.322 e. The molecule has 2 aromatic rings. The predicted octanol–water partition coefficient (Wildman–Crippen LogP) is 3.35. The predicted molar refractivity (Wildman–Crippen MR) is 131 cm³/mol. The minimum Gasteiger partial charge on any atom is -0.389 e. The van der Waals surface area contributed by atoms with E-state index < -0.39 is 5.60 Å². The summed E-state index contributed by atoms with van der Waals surface area (Å²) in [5, 5.41) is 13.9. The van der Waals surface area contributed by atoms with E-state index in [9.17, 15) is 14.7 Å². The summed E-state index contributed by atoms with van der Waals surface area (Å²) in [7, 11) is 1.70. The van der Waals surface area contributed by atoms with Crippen LogP contribution in [-0.4, -0.2) is 76.7 Å². The van der Waals surface area contributed by atoms with Crippen LogP contribution in [0.4, 0.5) is 15.6 Å². The molecule has 0 bridgehead atoms. The van der Waals surface area contributed by atoms with Gasteiger partial charge in [0.25, 0.3) is 5.91 Å². The van der Waals surface area contributed by atoms with Crippen LogP contribution in [0.5, 0.6) is 0 Å². The maximum atomic E-state index is 12.9. The van der Waals surface area contributed by atoms with Crippen molar-refractivity contribution in [3.05, 3.63) is 40.4 Å². The molecular formula is C24H33N5O3S. The normalized spacial score (nSPS) is 17.4. The maximum Gasteiger partial charge on any atom is 0.322 e. The Morgan fingerprint density at radius 3 is 2.67 bits per heavy atom. The van der Waals surface area contributed by atoms with Crippen LogP contribution in [0.25, 0.3) is 0 Å². The van der Waals surface area contributed by atoms with E-state index in [0.717, 1.165) is 55.4 Å². The van der Waals surface area contributed by atoms with Crippen molar-refractivity contribution in [1.29, 1.82) is 0 Å². The van der Waals surface area contributed by atoms with Gasteiger partial charge in [0.15, 0.2) is 5.13 Å². The number of fused-ring (bicyclic) bond motifs is 1. The zero-order valence-electron chi connectivity index (χ0n) is 19.8. The number of hydrogen-bond donors (Lipinski definition) is 2. The molecule has 0 saturated carbocycles. The van der Waals surface area contributed by atoms with Crippen molar-refractivity contribution in [3.8, 4) is 0 Å². The van der Waals surface area contributed by atoms with Crippen LogP contribution >= 0.6 is 11.3 Å². The molecule has 3 amide bonds. The number of urea groups is 1. The van der Waals surface area contributed by atoms with E-state index >= 15 is 0 Å². The van der Waals surface area contributed by atoms with Gasteiger partial charge in [-0.2, -0.15) is 0 Å². The molecular weight excluding hydrogens is 438 g/mol. The molecule has 178 valence electrons. The van der Waals surface area contributed by atoms with Crippen molar-refractivity contribution in [3.63, 3.8) is 0 Å². The second-order valence-corrected chi connectivity index (χ2v) is 10.6. The van der Waals surface area contributed by atoms with E-state index in [1.54, 1.807) is 25.8 Å². The molecule has 8 nitrogen and oxygen atoms in total. The Kier molecular flexibility index (Phi) is 6.63. The molecule has 1 fully saturated rings. The van der Waals surface area contributed by atoms with Gasteiger partial charge < -0.3 is 25.1 Å². The highest BCUT2D eigenvalue weighted by Crippen LogP contribution is 2.31. The van der Waals surface area contributed by atoms with Gasteiger partial charge >= 0.3 is 6.03 Å². The average Bonchev–Trinajstić information content (AvgIpc) is 3.06. The molecule has 2 N–H and O–H groups in total. The Labute approximate surface area is 199 Å². The Hall–Kier alpha value is -2.65. The molecule has 1 aromatic carbocycles. The molecule has 0 aliphatic carbocycles. The summed E-state index contributed by atoms with van der Waals surface area (Å²) in [5.74, 6) is -0.117. The number of anilines is 2. The van der Waals surface area contributed by atoms with Crippen LogP contribution in [-0.2, 0) is 6.42 Å². The topological polar surface area (TPSA) is 89.0 Å². The van der Waals surface area contributed by atoms with Crippen LogP contribution < -0.4 is 10.2 Å². The number of thiazole rings is 1. The summed E-state index contributed by atoms with van der Waals surface area (Å²) in [6.45, 7) is 7.80. The monoisotopic (exact) mass is 471 g/mol. The van der Waals surface area contributed by atoms with Crippen LogP contribution in [0.15, 0.2) is 24.3 Å². The Balaban J connectivity index is 1.38. The van der Waals surface area contributed by atoms with Gasteiger partial charge in [0.05, 0.1) is 11.3 Å². The highest BCUT2D eigenvalue weighted by molar-refractivity contribution is 7.17. The maximum absolute atomic E-state index is 12.9. The third kappa shape index (κ3) is 5.30. The summed E-state index contributed by atoms with van der Waals surface area (Å²) in [6.07, 6.45) is 2.58. The van der Waals surface area contributed by atoms with Gasteiger partial charge in [-0.25, -0.2) is 9.78 Å². The first-order valence-corrected chi connectivity index (χ1v) is 12.3. The van der Waals surface area contributed by atoms with Gasteiger partial charge in [-0.1, -0.05) is 29.5 Å². The number of nitrogens with zero attached hydrogens (tertiary/aromatic N) is 4. The highest BCUT2D eigenvalue weighted by Gasteiger charge is 2.31. The van der Waals surface area contributed by atoms with Gasteiger partial charge in [0.1, 0.15) is 4.88 Å². The summed E-state index contributed by atoms with van der Waals surface area (Å²) in [6, 6.07) is 8.16. The average molecular weight is 472 g/mol. The Morgan fingerprint density at radius 1 is 1.27 bits per heavy atom. The number of para-hydroxylation sites is 1. The van der Waals surface area contributed by atoms with E-state index in [0.29, 0.717) is 4.88 Å². The number of nitrogens with one attached hydrogen (secondary N) is 1. The van der Waals surface area contributed by atoms with Crippen molar-refractivity contribution in [1.82, 2.24) is 14.8 Å². The minimum absolute atomic E-state index is 0.0220. The zero-order chi connectivity index (χ0) is 23.8. The summed E-state index contributed by atoms with van der Waals surface area (Å²) in [4.78, 5) is 36.7. The molecule has 0 spiro atoms. The van der Waals surface area contributed by atoms with E-state index in [1.807, 2.05) is 30.0 Å². The van der Waals surface area contributed by atoms with Crippen molar-refractivity contribution in [2.45, 2.75) is 51.7 Å². The third-order valence-electron chi connectivity index (χ3n) is 6.27. The number of aliphatic hydroxyl groups is 1. The number of carbonyl (C=O) groups excluding carboxylic acids is 2. The second-order valence-electron chi connectivity index (χ2n) is 9.63. The quantitative estimate of drug-likeness (QED) is 0.698. The van der Waals surface area contributed by atoms with Crippen molar-refractivity contribution >= 4 is 34.1 Å². The summed E-state index contributed by atoms with van der Waals surface area (Å²) < 4.78 is 0. The zero-order valence-corrected chi connectivity index (χ0v) is 20.6. The van der Waals surface area contributed by atoms with Crippen molar-refractivity contribution in [2.75, 3.05) is 43.4 Å². The van der Waals surface area contributed by atoms with Crippen molar-refractivity contribution in [2.24, 2.45) is 0 Å². The first-order valence-electron chi connectivity index (χ1n) is 11.5. The third-order valence-corrected chi connectivity index (χ3v) is 7.47. The summed E-state index contributed by atoms with van der Waals surface area (Å²) in [5.41, 5.74) is 1.85. The summed E-state index contributed by atoms with van der Waals surface area (Å²) >= 11 is 1.41. The van der Waals surface area contributed by atoms with Gasteiger partial charge in [-0.05, 0) is 51.7 Å². The highest BCUT2D eigenvalue weighted by atomic mass is 32.1. The SMILES string of the molecule is Cc1nc(N2CCC(N3CCc4ccccc4NC3=O)CC2)sc1C(=O)N(C)CC(C)(C)O. The van der Waals surface area contributed by atoms with Gasteiger partial charge in [0, 0.05) is 45.0 Å².